The Morgan fingerprint density at radius 3 is 2.88 bits per heavy atom. The molecular weight excluding hydrogens is 342 g/mol. The summed E-state index contributed by atoms with van der Waals surface area (Å²) in [6.45, 7) is 1.25. The number of ether oxygens (including phenoxy) is 1. The van der Waals surface area contributed by atoms with E-state index < -0.39 is 11.9 Å². The number of carbonyl (C=O) groups excluding carboxylic acids is 1. The smallest absolute Gasteiger partial charge is 0.308 e. The fourth-order valence-corrected chi connectivity index (χ4v) is 3.72. The van der Waals surface area contributed by atoms with Crippen LogP contribution in [0, 0.1) is 11.8 Å². The lowest BCUT2D eigenvalue weighted by Crippen LogP contribution is -2.39. The zero-order valence-corrected chi connectivity index (χ0v) is 14.8. The third-order valence-corrected chi connectivity index (χ3v) is 5.20. The molecule has 1 aliphatic heterocycles. The number of nitrogens with zero attached hydrogens (tertiary/aromatic N) is 2. The van der Waals surface area contributed by atoms with E-state index in [9.17, 15) is 14.7 Å². The van der Waals surface area contributed by atoms with Crippen molar-refractivity contribution >= 4 is 29.2 Å². The second-order valence-corrected chi connectivity index (χ2v) is 6.78. The molecule has 1 amide bonds. The van der Waals surface area contributed by atoms with Crippen LogP contribution in [0.5, 0.6) is 0 Å². The first kappa shape index (κ1) is 17.8. The summed E-state index contributed by atoms with van der Waals surface area (Å²) in [6, 6.07) is 5.55. The normalized spacial score (nSPS) is 16.7. The van der Waals surface area contributed by atoms with Crippen LogP contribution in [0.2, 0.25) is 0 Å². The molecule has 2 aromatic heterocycles. The minimum absolute atomic E-state index is 0.0204. The standard InChI is InChI=1S/C17H21N3O4S/c1-25-17-19-14(13-4-2-3-7-20(13)17)15(21)18-10-12(16(22)23)11-5-8-24-9-6-11/h2-4,7,11-12H,5-6,8-10H2,1H3,(H,18,21)(H,22,23). The molecule has 0 aliphatic carbocycles. The predicted octanol–water partition coefficient (Wildman–Crippen LogP) is 1.91. The molecule has 0 bridgehead atoms. The van der Waals surface area contributed by atoms with Crippen LogP contribution in [0.4, 0.5) is 0 Å². The number of rotatable bonds is 6. The Balaban J connectivity index is 1.74. The summed E-state index contributed by atoms with van der Waals surface area (Å²) >= 11 is 1.45. The molecule has 2 aromatic rings. The van der Waals surface area contributed by atoms with Crippen molar-refractivity contribution in [2.24, 2.45) is 11.8 Å². The van der Waals surface area contributed by atoms with Crippen molar-refractivity contribution in [1.82, 2.24) is 14.7 Å². The van der Waals surface area contributed by atoms with Crippen LogP contribution in [0.1, 0.15) is 23.3 Å². The van der Waals surface area contributed by atoms with E-state index in [-0.39, 0.29) is 18.4 Å². The van der Waals surface area contributed by atoms with Crippen LogP contribution < -0.4 is 5.32 Å². The van der Waals surface area contributed by atoms with Crippen molar-refractivity contribution in [3.8, 4) is 0 Å². The lowest BCUT2D eigenvalue weighted by molar-refractivity contribution is -0.144. The highest BCUT2D eigenvalue weighted by molar-refractivity contribution is 7.98. The van der Waals surface area contributed by atoms with Gasteiger partial charge in [-0.2, -0.15) is 0 Å². The van der Waals surface area contributed by atoms with Crippen molar-refractivity contribution < 1.29 is 19.4 Å². The number of aliphatic carboxylic acids is 1. The van der Waals surface area contributed by atoms with Gasteiger partial charge in [0.15, 0.2) is 10.9 Å². The highest BCUT2D eigenvalue weighted by Gasteiger charge is 2.30. The number of hydrogen-bond donors (Lipinski definition) is 2. The van der Waals surface area contributed by atoms with E-state index in [0.29, 0.717) is 37.3 Å². The molecule has 3 heterocycles. The molecule has 1 atom stereocenters. The van der Waals surface area contributed by atoms with Crippen LogP contribution in [0.15, 0.2) is 29.6 Å². The van der Waals surface area contributed by atoms with Gasteiger partial charge in [0.25, 0.3) is 5.91 Å². The van der Waals surface area contributed by atoms with Crippen LogP contribution in [-0.2, 0) is 9.53 Å². The summed E-state index contributed by atoms with van der Waals surface area (Å²) in [6.07, 6.45) is 5.16. The number of hydrogen-bond acceptors (Lipinski definition) is 5. The van der Waals surface area contributed by atoms with Crippen molar-refractivity contribution in [1.29, 1.82) is 0 Å². The third-order valence-electron chi connectivity index (χ3n) is 4.55. The highest BCUT2D eigenvalue weighted by Crippen LogP contribution is 2.24. The fraction of sp³-hybridized carbons (Fsp3) is 0.471. The van der Waals surface area contributed by atoms with Crippen LogP contribution >= 0.6 is 11.8 Å². The number of nitrogens with one attached hydrogen (secondary N) is 1. The van der Waals surface area contributed by atoms with E-state index in [0.717, 1.165) is 5.16 Å². The second-order valence-electron chi connectivity index (χ2n) is 6.01. The van der Waals surface area contributed by atoms with E-state index in [4.69, 9.17) is 4.74 Å². The van der Waals surface area contributed by atoms with E-state index in [1.165, 1.54) is 11.8 Å². The number of carbonyl (C=O) groups is 2. The molecule has 1 unspecified atom stereocenters. The van der Waals surface area contributed by atoms with Gasteiger partial charge in [-0.1, -0.05) is 17.8 Å². The summed E-state index contributed by atoms with van der Waals surface area (Å²) in [7, 11) is 0. The van der Waals surface area contributed by atoms with Crippen LogP contribution in [0.3, 0.4) is 0 Å². The first-order valence-corrected chi connectivity index (χ1v) is 9.44. The first-order valence-electron chi connectivity index (χ1n) is 8.21. The molecule has 2 N–H and O–H groups in total. The van der Waals surface area contributed by atoms with Gasteiger partial charge >= 0.3 is 5.97 Å². The molecule has 7 nitrogen and oxygen atoms in total. The Morgan fingerprint density at radius 1 is 1.44 bits per heavy atom. The molecular formula is C17H21N3O4S. The second kappa shape index (κ2) is 7.88. The molecule has 1 fully saturated rings. The average Bonchev–Trinajstić information content (AvgIpc) is 3.01. The first-order chi connectivity index (χ1) is 12.1. The molecule has 25 heavy (non-hydrogen) atoms. The molecule has 3 rings (SSSR count). The Morgan fingerprint density at radius 2 is 2.20 bits per heavy atom. The Kier molecular flexibility index (Phi) is 5.60. The molecule has 0 aromatic carbocycles. The van der Waals surface area contributed by atoms with Gasteiger partial charge in [0, 0.05) is 26.0 Å². The zero-order valence-electron chi connectivity index (χ0n) is 14.0. The summed E-state index contributed by atoms with van der Waals surface area (Å²) in [4.78, 5) is 28.6. The Hall–Kier alpha value is -2.06. The fourth-order valence-electron chi connectivity index (χ4n) is 3.18. The number of aromatic nitrogens is 2. The molecule has 0 radical (unpaired) electrons. The lowest BCUT2D eigenvalue weighted by atomic mass is 9.86. The number of amides is 1. The van der Waals surface area contributed by atoms with Crippen molar-refractivity contribution in [2.45, 2.75) is 18.0 Å². The Bertz CT molecular complexity index is 770. The van der Waals surface area contributed by atoms with Gasteiger partial charge in [0.05, 0.1) is 11.4 Å². The number of imidazole rings is 1. The monoisotopic (exact) mass is 363 g/mol. The van der Waals surface area contributed by atoms with Gasteiger partial charge in [-0.15, -0.1) is 0 Å². The van der Waals surface area contributed by atoms with E-state index in [2.05, 4.69) is 10.3 Å². The number of fused-ring (bicyclic) bond motifs is 1. The summed E-state index contributed by atoms with van der Waals surface area (Å²) in [5.41, 5.74) is 1.03. The number of pyridine rings is 1. The molecule has 8 heteroatoms. The van der Waals surface area contributed by atoms with Crippen molar-refractivity contribution in [3.05, 3.63) is 30.1 Å². The summed E-state index contributed by atoms with van der Waals surface area (Å²) < 4.78 is 7.15. The highest BCUT2D eigenvalue weighted by atomic mass is 32.2. The zero-order chi connectivity index (χ0) is 17.8. The Labute approximate surface area is 149 Å². The van der Waals surface area contributed by atoms with Gasteiger partial charge in [0.1, 0.15) is 0 Å². The number of carboxylic acids is 1. The maximum atomic E-state index is 12.6. The maximum absolute atomic E-state index is 12.6. The third kappa shape index (κ3) is 3.80. The summed E-state index contributed by atoms with van der Waals surface area (Å²) in [5, 5.41) is 13.0. The number of carboxylic acid groups (broad SMARTS) is 1. The average molecular weight is 363 g/mol. The predicted molar refractivity (Wildman–Crippen MR) is 94.0 cm³/mol. The quantitative estimate of drug-likeness (QED) is 0.762. The number of thioether (sulfide) groups is 1. The van der Waals surface area contributed by atoms with E-state index in [1.807, 2.05) is 35.1 Å². The molecule has 0 saturated carbocycles. The SMILES string of the molecule is CSc1nc(C(=O)NCC(C(=O)O)C2CCOCC2)c2ccccn12. The van der Waals surface area contributed by atoms with E-state index >= 15 is 0 Å². The minimum atomic E-state index is -0.883. The van der Waals surface area contributed by atoms with Crippen molar-refractivity contribution in [3.63, 3.8) is 0 Å². The van der Waals surface area contributed by atoms with Gasteiger partial charge in [-0.25, -0.2) is 4.98 Å². The van der Waals surface area contributed by atoms with Crippen LogP contribution in [0.25, 0.3) is 5.52 Å². The van der Waals surface area contributed by atoms with Gasteiger partial charge in [-0.05, 0) is 37.1 Å². The van der Waals surface area contributed by atoms with Gasteiger partial charge < -0.3 is 15.2 Å². The molecule has 0 spiro atoms. The summed E-state index contributed by atoms with van der Waals surface area (Å²) in [5.74, 6) is -1.82. The molecule has 1 saturated heterocycles. The lowest BCUT2D eigenvalue weighted by Gasteiger charge is -2.27. The molecule has 1 aliphatic rings. The van der Waals surface area contributed by atoms with Gasteiger partial charge in [0.2, 0.25) is 0 Å². The van der Waals surface area contributed by atoms with E-state index in [1.54, 1.807) is 0 Å². The topological polar surface area (TPSA) is 92.9 Å². The van der Waals surface area contributed by atoms with Gasteiger partial charge in [-0.3, -0.25) is 14.0 Å². The largest absolute Gasteiger partial charge is 0.481 e. The van der Waals surface area contributed by atoms with Crippen molar-refractivity contribution in [2.75, 3.05) is 26.0 Å². The molecule has 134 valence electrons. The van der Waals surface area contributed by atoms with Crippen LogP contribution in [-0.4, -0.2) is 52.4 Å². The minimum Gasteiger partial charge on any atom is -0.481 e. The maximum Gasteiger partial charge on any atom is 0.308 e.